The van der Waals surface area contributed by atoms with E-state index in [0.29, 0.717) is 15.3 Å². The van der Waals surface area contributed by atoms with Gasteiger partial charge >= 0.3 is 0 Å². The van der Waals surface area contributed by atoms with Crippen molar-refractivity contribution in [3.05, 3.63) is 0 Å². The molecule has 0 saturated heterocycles. The number of carbonyl (C=O) groups is 1. The Labute approximate surface area is 167 Å². The van der Waals surface area contributed by atoms with Gasteiger partial charge in [-0.2, -0.15) is 0 Å². The fourth-order valence-corrected chi connectivity index (χ4v) is 8.79. The highest BCUT2D eigenvalue weighted by molar-refractivity contribution is 6.76. The lowest BCUT2D eigenvalue weighted by Crippen LogP contribution is -2.45. The van der Waals surface area contributed by atoms with Crippen molar-refractivity contribution in [1.29, 1.82) is 0 Å². The van der Waals surface area contributed by atoms with Gasteiger partial charge in [0.15, 0.2) is 0 Å². The van der Waals surface area contributed by atoms with Crippen LogP contribution in [-0.4, -0.2) is 30.2 Å². The first-order valence-electron chi connectivity index (χ1n) is 10.9. The van der Waals surface area contributed by atoms with E-state index in [1.165, 1.54) is 38.5 Å². The van der Waals surface area contributed by atoms with Crippen molar-refractivity contribution in [3.8, 4) is 0 Å². The Kier molecular flexibility index (Phi) is 14.8. The normalized spacial score (nSPS) is 14.5. The van der Waals surface area contributed by atoms with Crippen molar-refractivity contribution in [2.24, 2.45) is 5.92 Å². The molecule has 0 spiro atoms. The largest absolute Gasteiger partial charge is 0.519 e. The number of hydrogen-bond donors (Lipinski definition) is 0. The molecule has 0 aliphatic carbocycles. The number of rotatable bonds is 16. The minimum absolute atomic E-state index is 0.0322. The Morgan fingerprint density at radius 1 is 0.923 bits per heavy atom. The lowest BCUT2D eigenvalue weighted by atomic mass is 10.2. The summed E-state index contributed by atoms with van der Waals surface area (Å²) in [7, 11) is -1.66. The monoisotopic (exact) mass is 400 g/mol. The summed E-state index contributed by atoms with van der Waals surface area (Å²) in [6, 6.07) is 3.07. The average molecular weight is 401 g/mol. The van der Waals surface area contributed by atoms with Gasteiger partial charge in [-0.3, -0.25) is 4.79 Å². The van der Waals surface area contributed by atoms with E-state index in [-0.39, 0.29) is 18.0 Å². The molecule has 0 aromatic heterocycles. The summed E-state index contributed by atoms with van der Waals surface area (Å²) < 4.78 is 12.1. The molecule has 0 aliphatic rings. The average Bonchev–Trinajstić information content (AvgIpc) is 2.60. The van der Waals surface area contributed by atoms with E-state index in [9.17, 15) is 4.79 Å². The van der Waals surface area contributed by atoms with Gasteiger partial charge in [-0.1, -0.05) is 79.6 Å². The maximum atomic E-state index is 12.9. The molecule has 5 heteroatoms. The highest BCUT2D eigenvalue weighted by Crippen LogP contribution is 2.37. The zero-order valence-corrected chi connectivity index (χ0v) is 20.5. The van der Waals surface area contributed by atoms with Gasteiger partial charge in [-0.15, -0.1) is 0 Å². The van der Waals surface area contributed by atoms with Crippen LogP contribution < -0.4 is 0 Å². The van der Waals surface area contributed by atoms with Crippen LogP contribution in [0.2, 0.25) is 23.7 Å². The van der Waals surface area contributed by atoms with Gasteiger partial charge in [0.25, 0.3) is 14.3 Å². The molecule has 0 amide bonds. The number of unbranched alkanes of at least 4 members (excludes halogenated alkanes) is 4. The van der Waals surface area contributed by atoms with E-state index >= 15 is 0 Å². The zero-order valence-electron chi connectivity index (χ0n) is 18.5. The quantitative estimate of drug-likeness (QED) is 0.212. The molecule has 0 saturated carbocycles. The molecule has 2 unspecified atom stereocenters. The Hall–Kier alpha value is -0.136. The zero-order chi connectivity index (χ0) is 20.0. The lowest BCUT2D eigenvalue weighted by Gasteiger charge is -2.37. The number of carbonyl (C=O) groups excluding carboxylic acids is 1. The topological polar surface area (TPSA) is 35.5 Å². The molecule has 0 N–H and O–H groups in total. The second-order valence-corrected chi connectivity index (χ2v) is 13.4. The van der Waals surface area contributed by atoms with Gasteiger partial charge in [0.2, 0.25) is 9.76 Å². The van der Waals surface area contributed by atoms with Crippen molar-refractivity contribution >= 4 is 24.0 Å². The minimum atomic E-state index is -2.05. The SMILES string of the molecule is CCCCC[Si](CCCCC)(OC(=O)C(C)C[Si]OC(C)C)C(C)CC. The first-order valence-corrected chi connectivity index (χ1v) is 14.5. The summed E-state index contributed by atoms with van der Waals surface area (Å²) in [6.45, 7) is 15.1. The van der Waals surface area contributed by atoms with Crippen LogP contribution in [0.3, 0.4) is 0 Å². The molecule has 0 heterocycles. The maximum Gasteiger partial charge on any atom is 0.295 e. The van der Waals surface area contributed by atoms with Crippen LogP contribution in [0.5, 0.6) is 0 Å². The molecule has 0 aliphatic heterocycles. The molecule has 0 aromatic rings. The standard InChI is InChI=1S/C21H44O3Si2/c1-8-11-13-15-26(20(7)10-3,16-14-12-9-2)24-21(22)19(6)17-25-23-18(4)5/h18-20H,8-17H2,1-7H3. The van der Waals surface area contributed by atoms with Crippen molar-refractivity contribution in [1.82, 2.24) is 0 Å². The smallest absolute Gasteiger partial charge is 0.295 e. The summed E-state index contributed by atoms with van der Waals surface area (Å²) in [4.78, 5) is 12.9. The van der Waals surface area contributed by atoms with Gasteiger partial charge in [-0.25, -0.2) is 0 Å². The van der Waals surface area contributed by atoms with Gasteiger partial charge in [0.05, 0.1) is 5.92 Å². The molecule has 154 valence electrons. The second-order valence-electron chi connectivity index (χ2n) is 8.13. The molecule has 2 radical (unpaired) electrons. The lowest BCUT2D eigenvalue weighted by molar-refractivity contribution is -0.139. The van der Waals surface area contributed by atoms with Crippen LogP contribution in [-0.2, 0) is 13.6 Å². The predicted molar refractivity (Wildman–Crippen MR) is 116 cm³/mol. The van der Waals surface area contributed by atoms with E-state index in [4.69, 9.17) is 8.85 Å². The van der Waals surface area contributed by atoms with Crippen LogP contribution in [0.1, 0.15) is 93.4 Å². The first kappa shape index (κ1) is 25.9. The molecule has 0 rings (SSSR count). The number of hydrogen-bond acceptors (Lipinski definition) is 3. The van der Waals surface area contributed by atoms with Gasteiger partial charge in [-0.05, 0) is 37.5 Å². The van der Waals surface area contributed by atoms with Gasteiger partial charge < -0.3 is 8.85 Å². The molecular formula is C21H44O3Si2. The minimum Gasteiger partial charge on any atom is -0.519 e. The molecule has 0 bridgehead atoms. The summed E-state index contributed by atoms with van der Waals surface area (Å²) in [5.41, 5.74) is 0.543. The van der Waals surface area contributed by atoms with E-state index in [1.54, 1.807) is 0 Å². The molecular weight excluding hydrogens is 356 g/mol. The van der Waals surface area contributed by atoms with Crippen molar-refractivity contribution in [2.45, 2.75) is 123 Å². The molecule has 3 nitrogen and oxygen atoms in total. The molecule has 26 heavy (non-hydrogen) atoms. The predicted octanol–water partition coefficient (Wildman–Crippen LogP) is 6.75. The van der Waals surface area contributed by atoms with Gasteiger partial charge in [0, 0.05) is 6.10 Å². The molecule has 0 fully saturated rings. The van der Waals surface area contributed by atoms with Crippen molar-refractivity contribution in [3.63, 3.8) is 0 Å². The van der Waals surface area contributed by atoms with Crippen LogP contribution in [0, 0.1) is 5.92 Å². The Balaban J connectivity index is 5.04. The summed E-state index contributed by atoms with van der Waals surface area (Å²) >= 11 is 0. The van der Waals surface area contributed by atoms with E-state index in [0.717, 1.165) is 24.6 Å². The van der Waals surface area contributed by atoms with E-state index in [2.05, 4.69) is 27.7 Å². The molecule has 2 atom stereocenters. The van der Waals surface area contributed by atoms with Crippen LogP contribution in [0.25, 0.3) is 0 Å². The van der Waals surface area contributed by atoms with Gasteiger partial charge in [0.1, 0.15) is 0 Å². The van der Waals surface area contributed by atoms with Crippen LogP contribution >= 0.6 is 0 Å². The third-order valence-corrected chi connectivity index (χ3v) is 12.0. The highest BCUT2D eigenvalue weighted by atomic mass is 28.4. The first-order chi connectivity index (χ1) is 12.3. The van der Waals surface area contributed by atoms with Crippen molar-refractivity contribution < 1.29 is 13.6 Å². The third kappa shape index (κ3) is 10.3. The maximum absolute atomic E-state index is 12.9. The Morgan fingerprint density at radius 3 is 1.88 bits per heavy atom. The fourth-order valence-electron chi connectivity index (χ4n) is 3.26. The fraction of sp³-hybridized carbons (Fsp3) is 0.952. The van der Waals surface area contributed by atoms with Crippen LogP contribution in [0.4, 0.5) is 0 Å². The summed E-state index contributed by atoms with van der Waals surface area (Å²) in [6.07, 6.45) is 8.69. The van der Waals surface area contributed by atoms with E-state index < -0.39 is 8.32 Å². The Bertz CT molecular complexity index is 351. The summed E-state index contributed by atoms with van der Waals surface area (Å²) in [5, 5.41) is 0. The van der Waals surface area contributed by atoms with E-state index in [1.807, 2.05) is 20.8 Å². The third-order valence-electron chi connectivity index (χ3n) is 5.33. The second kappa shape index (κ2) is 14.9. The highest BCUT2D eigenvalue weighted by Gasteiger charge is 2.42. The molecule has 0 aromatic carbocycles. The van der Waals surface area contributed by atoms with Crippen molar-refractivity contribution in [2.75, 3.05) is 0 Å². The Morgan fingerprint density at radius 2 is 1.46 bits per heavy atom. The summed E-state index contributed by atoms with van der Waals surface area (Å²) in [5.74, 6) is -0.0230. The van der Waals surface area contributed by atoms with Crippen LogP contribution in [0.15, 0.2) is 0 Å².